The molecule has 2 N–H and O–H groups in total. The predicted molar refractivity (Wildman–Crippen MR) is 63.1 cm³/mol. The Morgan fingerprint density at radius 3 is 2.65 bits per heavy atom. The molecule has 0 amide bonds. The van der Waals surface area contributed by atoms with Gasteiger partial charge in [0.1, 0.15) is 0 Å². The molecule has 0 aliphatic rings. The van der Waals surface area contributed by atoms with Crippen LogP contribution < -0.4 is 5.32 Å². The minimum absolute atomic E-state index is 0.0552. The predicted octanol–water partition coefficient (Wildman–Crippen LogP) is 2.09. The molecule has 1 aromatic carbocycles. The van der Waals surface area contributed by atoms with Crippen molar-refractivity contribution in [2.75, 3.05) is 19.0 Å². The topological polar surface area (TPSA) is 82.3 Å². The van der Waals surface area contributed by atoms with E-state index in [1.807, 2.05) is 0 Å². The van der Waals surface area contributed by atoms with E-state index >= 15 is 0 Å². The summed E-state index contributed by atoms with van der Waals surface area (Å²) in [5, 5.41) is 19.9. The Hall–Kier alpha value is -2.27. The summed E-state index contributed by atoms with van der Waals surface area (Å²) in [6, 6.07) is 4.50. The lowest BCUT2D eigenvalue weighted by atomic mass is 10.1. The van der Waals surface area contributed by atoms with Crippen LogP contribution in [0.15, 0.2) is 18.2 Å². The summed E-state index contributed by atoms with van der Waals surface area (Å²) in [7, 11) is 1.18. The van der Waals surface area contributed by atoms with E-state index in [0.29, 0.717) is 0 Å². The smallest absolute Gasteiger partial charge is 0.417 e. The van der Waals surface area contributed by atoms with E-state index in [4.69, 9.17) is 10.4 Å². The second kappa shape index (κ2) is 6.25. The van der Waals surface area contributed by atoms with Crippen molar-refractivity contribution in [3.63, 3.8) is 0 Å². The molecule has 8 heteroatoms. The zero-order valence-electron chi connectivity index (χ0n) is 10.4. The molecule has 0 aromatic heterocycles. The maximum Gasteiger partial charge on any atom is 0.417 e. The van der Waals surface area contributed by atoms with Crippen LogP contribution in [-0.4, -0.2) is 30.8 Å². The van der Waals surface area contributed by atoms with Crippen LogP contribution in [-0.2, 0) is 15.7 Å². The highest BCUT2D eigenvalue weighted by molar-refractivity contribution is 5.73. The average molecular weight is 288 g/mol. The van der Waals surface area contributed by atoms with E-state index in [0.717, 1.165) is 12.1 Å². The van der Waals surface area contributed by atoms with Crippen molar-refractivity contribution < 1.29 is 27.8 Å². The third-order valence-corrected chi connectivity index (χ3v) is 2.50. The Bertz CT molecular complexity index is 538. The lowest BCUT2D eigenvalue weighted by Gasteiger charge is -2.15. The van der Waals surface area contributed by atoms with Gasteiger partial charge in [0.25, 0.3) is 0 Å². The zero-order chi connectivity index (χ0) is 15.3. The number of carboxylic acid groups (broad SMARTS) is 1. The summed E-state index contributed by atoms with van der Waals surface area (Å²) < 4.78 is 42.8. The molecule has 0 spiro atoms. The number of hydrogen-bond acceptors (Lipinski definition) is 4. The summed E-state index contributed by atoms with van der Waals surface area (Å²) in [5.74, 6) is -1.23. The molecule has 1 aromatic rings. The summed E-state index contributed by atoms with van der Waals surface area (Å²) in [6.45, 7) is -0.199. The van der Waals surface area contributed by atoms with Gasteiger partial charge in [0.2, 0.25) is 0 Å². The highest BCUT2D eigenvalue weighted by Gasteiger charge is 2.33. The van der Waals surface area contributed by atoms with Gasteiger partial charge in [0.15, 0.2) is 6.10 Å². The normalized spacial score (nSPS) is 12.6. The fourth-order valence-electron chi connectivity index (χ4n) is 1.47. The van der Waals surface area contributed by atoms with E-state index in [1.165, 1.54) is 19.2 Å². The van der Waals surface area contributed by atoms with Gasteiger partial charge in [0, 0.05) is 12.8 Å². The number of anilines is 1. The third kappa shape index (κ3) is 3.86. The molecule has 108 valence electrons. The molecule has 0 aliphatic carbocycles. The molecule has 0 saturated carbocycles. The van der Waals surface area contributed by atoms with E-state index in [9.17, 15) is 18.0 Å². The molecule has 1 rings (SSSR count). The van der Waals surface area contributed by atoms with Crippen molar-refractivity contribution in [3.05, 3.63) is 29.3 Å². The van der Waals surface area contributed by atoms with Gasteiger partial charge in [-0.25, -0.2) is 4.79 Å². The molecule has 20 heavy (non-hydrogen) atoms. The van der Waals surface area contributed by atoms with Crippen LogP contribution in [0.25, 0.3) is 0 Å². The van der Waals surface area contributed by atoms with Crippen molar-refractivity contribution in [2.24, 2.45) is 0 Å². The van der Waals surface area contributed by atoms with Crippen molar-refractivity contribution in [1.82, 2.24) is 0 Å². The maximum absolute atomic E-state index is 12.7. The first-order chi connectivity index (χ1) is 9.29. The first-order valence-electron chi connectivity index (χ1n) is 5.40. The third-order valence-electron chi connectivity index (χ3n) is 2.50. The van der Waals surface area contributed by atoms with Gasteiger partial charge in [-0.3, -0.25) is 0 Å². The molecule has 0 heterocycles. The number of rotatable bonds is 5. The van der Waals surface area contributed by atoms with Gasteiger partial charge >= 0.3 is 12.1 Å². The number of nitrogens with one attached hydrogen (secondary N) is 1. The minimum atomic E-state index is -4.66. The molecule has 1 atom stereocenters. The lowest BCUT2D eigenvalue weighted by Crippen LogP contribution is -2.30. The average Bonchev–Trinajstić information content (AvgIpc) is 2.37. The van der Waals surface area contributed by atoms with Crippen LogP contribution in [0, 0.1) is 11.3 Å². The SMILES string of the molecule is COC(CNc1ccc(C#N)c(C(F)(F)F)c1)C(=O)O. The van der Waals surface area contributed by atoms with Crippen molar-refractivity contribution >= 4 is 11.7 Å². The van der Waals surface area contributed by atoms with Crippen LogP contribution in [0.1, 0.15) is 11.1 Å². The number of hydrogen-bond donors (Lipinski definition) is 2. The molecule has 0 saturated heterocycles. The van der Waals surface area contributed by atoms with Gasteiger partial charge in [0.05, 0.1) is 23.7 Å². The van der Waals surface area contributed by atoms with E-state index < -0.39 is 29.4 Å². The number of nitriles is 1. The molecule has 5 nitrogen and oxygen atoms in total. The molecular weight excluding hydrogens is 277 g/mol. The van der Waals surface area contributed by atoms with Crippen LogP contribution in [0.5, 0.6) is 0 Å². The summed E-state index contributed by atoms with van der Waals surface area (Å²) in [6.07, 6.45) is -5.84. The molecule has 0 fully saturated rings. The Balaban J connectivity index is 2.94. The number of methoxy groups -OCH3 is 1. The van der Waals surface area contributed by atoms with Gasteiger partial charge < -0.3 is 15.2 Å². The van der Waals surface area contributed by atoms with Crippen molar-refractivity contribution in [3.8, 4) is 6.07 Å². The monoisotopic (exact) mass is 288 g/mol. The van der Waals surface area contributed by atoms with Crippen molar-refractivity contribution in [2.45, 2.75) is 12.3 Å². The second-order valence-corrected chi connectivity index (χ2v) is 3.81. The fourth-order valence-corrected chi connectivity index (χ4v) is 1.47. The Kier molecular flexibility index (Phi) is 4.94. The largest absolute Gasteiger partial charge is 0.479 e. The molecule has 0 radical (unpaired) electrons. The van der Waals surface area contributed by atoms with Crippen LogP contribution >= 0.6 is 0 Å². The standard InChI is InChI=1S/C12H11F3N2O3/c1-20-10(11(18)19)6-17-8-3-2-7(5-16)9(4-8)12(13,14)15/h2-4,10,17H,6H2,1H3,(H,18,19). The van der Waals surface area contributed by atoms with Gasteiger partial charge in [-0.2, -0.15) is 18.4 Å². The first kappa shape index (κ1) is 15.8. The summed E-state index contributed by atoms with van der Waals surface area (Å²) >= 11 is 0. The molecular formula is C12H11F3N2O3. The lowest BCUT2D eigenvalue weighted by molar-refractivity contribution is -0.147. The molecule has 1 unspecified atom stereocenters. The fraction of sp³-hybridized carbons (Fsp3) is 0.333. The maximum atomic E-state index is 12.7. The Labute approximate surface area is 112 Å². The number of nitrogens with zero attached hydrogens (tertiary/aromatic N) is 1. The van der Waals surface area contributed by atoms with Crippen LogP contribution in [0.3, 0.4) is 0 Å². The van der Waals surface area contributed by atoms with Gasteiger partial charge in [-0.05, 0) is 18.2 Å². The number of carboxylic acids is 1. The van der Waals surface area contributed by atoms with E-state index in [-0.39, 0.29) is 12.2 Å². The number of alkyl halides is 3. The first-order valence-corrected chi connectivity index (χ1v) is 5.40. The number of ether oxygens (including phenoxy) is 1. The van der Waals surface area contributed by atoms with Crippen LogP contribution in [0.4, 0.5) is 18.9 Å². The highest BCUT2D eigenvalue weighted by atomic mass is 19.4. The Morgan fingerprint density at radius 1 is 1.55 bits per heavy atom. The van der Waals surface area contributed by atoms with E-state index in [1.54, 1.807) is 0 Å². The van der Waals surface area contributed by atoms with Crippen LogP contribution in [0.2, 0.25) is 0 Å². The number of halogens is 3. The highest BCUT2D eigenvalue weighted by Crippen LogP contribution is 2.33. The second-order valence-electron chi connectivity index (χ2n) is 3.81. The molecule has 0 aliphatic heterocycles. The minimum Gasteiger partial charge on any atom is -0.479 e. The van der Waals surface area contributed by atoms with Crippen molar-refractivity contribution in [1.29, 1.82) is 5.26 Å². The summed E-state index contributed by atoms with van der Waals surface area (Å²) in [4.78, 5) is 10.7. The Morgan fingerprint density at radius 2 is 2.20 bits per heavy atom. The quantitative estimate of drug-likeness (QED) is 0.867. The van der Waals surface area contributed by atoms with Gasteiger partial charge in [-0.1, -0.05) is 0 Å². The van der Waals surface area contributed by atoms with E-state index in [2.05, 4.69) is 10.1 Å². The van der Waals surface area contributed by atoms with Gasteiger partial charge in [-0.15, -0.1) is 0 Å². The number of aliphatic carboxylic acids is 1. The number of carbonyl (C=O) groups is 1. The number of benzene rings is 1. The zero-order valence-corrected chi connectivity index (χ0v) is 10.4. The molecule has 0 bridgehead atoms. The summed E-state index contributed by atoms with van der Waals surface area (Å²) in [5.41, 5.74) is -1.52.